The molecule has 0 aromatic carbocycles. The number of nitrogens with one attached hydrogen (secondary N) is 2. The number of anilines is 2. The SMILES string of the molecule is CO[C@@H]1[C@H](OP(=O)(O)OC(C)C)[C@@H](CNC(=O)C[C@H]2[C@@H](F)[C@H](n3ccc(N)nc3=O)O[C@@H]2COC(C)C)O[C@H]1n1cnc2c(=O)[nH]c(N)nc21. The maximum Gasteiger partial charge on any atom is 0.472 e. The van der Waals surface area contributed by atoms with Crippen molar-refractivity contribution in [2.45, 2.75) is 89.4 Å². The zero-order valence-electron chi connectivity index (χ0n) is 27.9. The Morgan fingerprint density at radius 1 is 1.12 bits per heavy atom. The molecule has 0 spiro atoms. The molecule has 2 fully saturated rings. The Kier molecular flexibility index (Phi) is 11.4. The van der Waals surface area contributed by atoms with Gasteiger partial charge in [-0.15, -0.1) is 0 Å². The van der Waals surface area contributed by atoms with Gasteiger partial charge >= 0.3 is 13.5 Å². The molecule has 5 heterocycles. The molecule has 3 aromatic rings. The van der Waals surface area contributed by atoms with Crippen molar-refractivity contribution in [3.05, 3.63) is 39.4 Å². The number of ether oxygens (including phenoxy) is 4. The second-order valence-corrected chi connectivity index (χ2v) is 13.7. The first-order chi connectivity index (χ1) is 23.6. The predicted molar refractivity (Wildman–Crippen MR) is 172 cm³/mol. The van der Waals surface area contributed by atoms with Crippen LogP contribution in [0.5, 0.6) is 0 Å². The first-order valence-corrected chi connectivity index (χ1v) is 17.2. The summed E-state index contributed by atoms with van der Waals surface area (Å²) in [6.07, 6.45) is -7.71. The van der Waals surface area contributed by atoms with Gasteiger partial charge in [-0.05, 0) is 33.8 Å². The van der Waals surface area contributed by atoms with Crippen molar-refractivity contribution in [3.63, 3.8) is 0 Å². The summed E-state index contributed by atoms with van der Waals surface area (Å²) in [5.74, 6) is -1.94. The number of phosphoric acid groups is 1. The number of phosphoric ester groups is 1. The first kappa shape index (κ1) is 37.4. The van der Waals surface area contributed by atoms with Crippen molar-refractivity contribution >= 4 is 36.7 Å². The molecule has 2 saturated heterocycles. The number of nitrogen functional groups attached to an aromatic ring is 2. The van der Waals surface area contributed by atoms with Gasteiger partial charge in [-0.25, -0.2) is 18.7 Å². The molecule has 1 amide bonds. The molecule has 7 N–H and O–H groups in total. The van der Waals surface area contributed by atoms with Crippen LogP contribution in [0.1, 0.15) is 46.6 Å². The van der Waals surface area contributed by atoms with Gasteiger partial charge in [0.05, 0.1) is 31.2 Å². The fraction of sp³-hybridized carbons (Fsp3) is 0.643. The number of fused-ring (bicyclic) bond motifs is 1. The minimum absolute atomic E-state index is 0.0298. The smallest absolute Gasteiger partial charge is 0.383 e. The fourth-order valence-electron chi connectivity index (χ4n) is 5.85. The Hall–Kier alpha value is -3.82. The molecule has 0 saturated carbocycles. The molecule has 50 heavy (non-hydrogen) atoms. The van der Waals surface area contributed by atoms with Crippen LogP contribution in [0.2, 0.25) is 0 Å². The number of H-pyrrole nitrogens is 1. The van der Waals surface area contributed by atoms with Crippen LogP contribution in [-0.4, -0.2) is 103 Å². The van der Waals surface area contributed by atoms with E-state index in [-0.39, 0.29) is 42.2 Å². The van der Waals surface area contributed by atoms with Gasteiger partial charge in [0, 0.05) is 32.2 Å². The monoisotopic (exact) mass is 729 g/mol. The number of nitrogens with zero attached hydrogens (tertiary/aromatic N) is 5. The number of methoxy groups -OCH3 is 1. The lowest BCUT2D eigenvalue weighted by Crippen LogP contribution is -2.43. The summed E-state index contributed by atoms with van der Waals surface area (Å²) < 4.78 is 65.2. The first-order valence-electron chi connectivity index (χ1n) is 15.7. The number of halogens is 1. The molecule has 20 nitrogen and oxygen atoms in total. The van der Waals surface area contributed by atoms with Crippen molar-refractivity contribution < 1.29 is 46.6 Å². The van der Waals surface area contributed by atoms with Crippen LogP contribution in [0, 0.1) is 5.92 Å². The summed E-state index contributed by atoms with van der Waals surface area (Å²) in [6, 6.07) is 1.32. The van der Waals surface area contributed by atoms with Crippen molar-refractivity contribution in [2.24, 2.45) is 5.92 Å². The highest BCUT2D eigenvalue weighted by atomic mass is 31.2. The van der Waals surface area contributed by atoms with Gasteiger partial charge in [-0.2, -0.15) is 9.97 Å². The summed E-state index contributed by atoms with van der Waals surface area (Å²) in [6.45, 7) is 6.25. The molecular formula is C28H41FN9O11P. The van der Waals surface area contributed by atoms with Gasteiger partial charge in [0.25, 0.3) is 5.56 Å². The Morgan fingerprint density at radius 2 is 1.84 bits per heavy atom. The van der Waals surface area contributed by atoms with Gasteiger partial charge in [0.15, 0.2) is 29.8 Å². The van der Waals surface area contributed by atoms with Crippen LogP contribution in [-0.2, 0) is 37.4 Å². The Bertz CT molecular complexity index is 1840. The maximum atomic E-state index is 16.0. The number of rotatable bonds is 14. The lowest BCUT2D eigenvalue weighted by molar-refractivity contribution is -0.124. The van der Waals surface area contributed by atoms with E-state index in [9.17, 15) is 23.8 Å². The highest BCUT2D eigenvalue weighted by Gasteiger charge is 2.51. The normalized spacial score (nSPS) is 28.1. The largest absolute Gasteiger partial charge is 0.472 e. The Balaban J connectivity index is 1.37. The molecule has 3 aromatic heterocycles. The highest BCUT2D eigenvalue weighted by molar-refractivity contribution is 7.47. The van der Waals surface area contributed by atoms with E-state index in [0.29, 0.717) is 0 Å². The summed E-state index contributed by atoms with van der Waals surface area (Å²) >= 11 is 0. The van der Waals surface area contributed by atoms with E-state index in [0.717, 1.165) is 4.57 Å². The van der Waals surface area contributed by atoms with E-state index >= 15 is 4.39 Å². The number of carbonyl (C=O) groups is 1. The Morgan fingerprint density at radius 3 is 2.50 bits per heavy atom. The van der Waals surface area contributed by atoms with Crippen molar-refractivity contribution in [3.8, 4) is 0 Å². The third kappa shape index (κ3) is 8.21. The van der Waals surface area contributed by atoms with Gasteiger partial charge in [-0.1, -0.05) is 0 Å². The molecule has 1 unspecified atom stereocenters. The van der Waals surface area contributed by atoms with Crippen molar-refractivity contribution in [1.29, 1.82) is 0 Å². The maximum absolute atomic E-state index is 16.0. The minimum atomic E-state index is -4.71. The molecule has 0 aliphatic carbocycles. The topological polar surface area (TPSA) is 272 Å². The van der Waals surface area contributed by atoms with E-state index in [1.54, 1.807) is 13.8 Å². The fourth-order valence-corrected chi connectivity index (χ4v) is 7.00. The molecule has 276 valence electrons. The molecule has 9 atom stereocenters. The third-order valence-corrected chi connectivity index (χ3v) is 9.19. The molecule has 2 aliphatic heterocycles. The van der Waals surface area contributed by atoms with Crippen LogP contribution in [0.4, 0.5) is 16.2 Å². The molecular weight excluding hydrogens is 688 g/mol. The third-order valence-electron chi connectivity index (χ3n) is 8.00. The molecule has 22 heteroatoms. The van der Waals surface area contributed by atoms with Crippen LogP contribution < -0.4 is 28.0 Å². The number of amides is 1. The van der Waals surface area contributed by atoms with Crippen LogP contribution >= 0.6 is 7.82 Å². The van der Waals surface area contributed by atoms with E-state index in [1.165, 1.54) is 44.1 Å². The predicted octanol–water partition coefficient (Wildman–Crippen LogP) is 0.147. The summed E-state index contributed by atoms with van der Waals surface area (Å²) in [7, 11) is -3.41. The number of imidazole rings is 1. The second kappa shape index (κ2) is 15.2. The number of hydrogen-bond donors (Lipinski definition) is 5. The molecule has 0 radical (unpaired) electrons. The number of aromatic nitrogens is 6. The number of hydrogen-bond acceptors (Lipinski definition) is 15. The van der Waals surface area contributed by atoms with Crippen LogP contribution in [0.25, 0.3) is 11.2 Å². The molecule has 0 bridgehead atoms. The van der Waals surface area contributed by atoms with Crippen LogP contribution in [0.15, 0.2) is 28.2 Å². The van der Waals surface area contributed by atoms with Gasteiger partial charge in [-0.3, -0.25) is 32.8 Å². The lowest BCUT2D eigenvalue weighted by Gasteiger charge is -2.26. The quantitative estimate of drug-likeness (QED) is 0.138. The highest BCUT2D eigenvalue weighted by Crippen LogP contribution is 2.50. The average molecular weight is 730 g/mol. The van der Waals surface area contributed by atoms with Crippen molar-refractivity contribution in [1.82, 2.24) is 34.4 Å². The standard InChI is InChI=1S/C28H41FN9O11P/c1-12(2)45-10-16-14(19(29)25(47-16)37-7-6-17(30)34-28(37)41)8-18(39)32-9-15-21(49-50(42,43)48-13(3)4)22(44-5)26(46-15)38-11-33-20-23(38)35-27(31)36-24(20)40/h6-7,11-16,19,21-22,25-26H,8-10H2,1-5H3,(H,32,39)(H,42,43)(H2,30,34,41)(H3,31,35,36,40)/t14-,15-,16-,19-,21-,22-,25-,26-/m1/s1. The van der Waals surface area contributed by atoms with Gasteiger partial charge in [0.1, 0.15) is 24.1 Å². The van der Waals surface area contributed by atoms with Gasteiger partial charge in [0.2, 0.25) is 11.9 Å². The van der Waals surface area contributed by atoms with E-state index in [1.807, 2.05) is 0 Å². The summed E-state index contributed by atoms with van der Waals surface area (Å²) in [5, 5.41) is 2.67. The molecule has 5 rings (SSSR count). The zero-order valence-corrected chi connectivity index (χ0v) is 28.8. The Labute approximate surface area is 284 Å². The van der Waals surface area contributed by atoms with E-state index in [4.69, 9.17) is 39.5 Å². The number of alkyl halides is 1. The van der Waals surface area contributed by atoms with E-state index in [2.05, 4.69) is 25.3 Å². The zero-order chi connectivity index (χ0) is 36.5. The number of aromatic amines is 1. The second-order valence-electron chi connectivity index (χ2n) is 12.3. The number of nitrogens with two attached hydrogens (primary N) is 2. The van der Waals surface area contributed by atoms with Gasteiger partial charge < -0.3 is 40.6 Å². The lowest BCUT2D eigenvalue weighted by atomic mass is 9.95. The number of carbonyl (C=O) groups excluding carboxylic acids is 1. The minimum Gasteiger partial charge on any atom is -0.383 e. The summed E-state index contributed by atoms with van der Waals surface area (Å²) in [4.78, 5) is 63.0. The molecule has 2 aliphatic rings. The average Bonchev–Trinajstić information content (AvgIpc) is 3.67. The van der Waals surface area contributed by atoms with Crippen LogP contribution in [0.3, 0.4) is 0 Å². The summed E-state index contributed by atoms with van der Waals surface area (Å²) in [5.41, 5.74) is 9.86. The van der Waals surface area contributed by atoms with Crippen molar-refractivity contribution in [2.75, 3.05) is 31.7 Å². The van der Waals surface area contributed by atoms with E-state index < -0.39 is 86.5 Å².